The highest BCUT2D eigenvalue weighted by molar-refractivity contribution is 6.10. The number of rotatable bonds is 15. The van der Waals surface area contributed by atoms with Crippen molar-refractivity contribution >= 4 is 77.7 Å². The van der Waals surface area contributed by atoms with Crippen molar-refractivity contribution in [2.45, 2.75) is 14.9 Å². The summed E-state index contributed by atoms with van der Waals surface area (Å²) in [4.78, 5) is 4.68. The number of aromatic nitrogens is 2. The van der Waals surface area contributed by atoms with Crippen LogP contribution in [0.5, 0.6) is 0 Å². The molecule has 2 aromatic heterocycles. The second kappa shape index (κ2) is 30.7. The van der Waals surface area contributed by atoms with E-state index in [1.807, 2.05) is 0 Å². The minimum Gasteiger partial charge on any atom is -0.311 e. The Kier molecular flexibility index (Phi) is 19.4. The van der Waals surface area contributed by atoms with Gasteiger partial charge < -0.3 is 18.9 Å². The van der Waals surface area contributed by atoms with E-state index in [2.05, 4.69) is 456 Å². The average Bonchev–Trinajstić information content (AvgIpc) is 1.68. The molecule has 108 heavy (non-hydrogen) atoms. The highest BCUT2D eigenvalue weighted by Crippen LogP contribution is 2.43. The van der Waals surface area contributed by atoms with Crippen molar-refractivity contribution in [3.63, 3.8) is 0 Å². The second-order valence-electron chi connectivity index (χ2n) is 26.8. The maximum atomic E-state index is 2.41. The zero-order chi connectivity index (χ0) is 70.5. The van der Waals surface area contributed by atoms with Gasteiger partial charge in [-0.15, -0.1) is 0 Å². The van der Waals surface area contributed by atoms with Gasteiger partial charge in [-0.2, -0.15) is 0 Å². The summed E-state index contributed by atoms with van der Waals surface area (Å²) in [5.74, 6) is 0. The molecule has 4 heteroatoms. The lowest BCUT2D eigenvalue weighted by molar-refractivity contribution is 1.18. The fourth-order valence-electron chi connectivity index (χ4n) is 15.2. The fourth-order valence-corrected chi connectivity index (χ4v) is 15.2. The van der Waals surface area contributed by atoms with E-state index < -0.39 is 0 Å². The third-order valence-corrected chi connectivity index (χ3v) is 20.4. The summed E-state index contributed by atoms with van der Waals surface area (Å²) in [6, 6.07) is 157. The summed E-state index contributed by atoms with van der Waals surface area (Å²) >= 11 is 0. The Hall–Kier alpha value is -14.1. The molecular weight excluding hydrogens is 1310 g/mol. The van der Waals surface area contributed by atoms with Gasteiger partial charge in [-0.25, -0.2) is 0 Å². The van der Waals surface area contributed by atoms with Crippen LogP contribution in [0, 0.1) is 0 Å². The van der Waals surface area contributed by atoms with E-state index in [0.717, 1.165) is 51.1 Å². The van der Waals surface area contributed by atoms with Crippen LogP contribution in [0.3, 0.4) is 0 Å². The van der Waals surface area contributed by atoms with Crippen molar-refractivity contribution in [3.05, 3.63) is 437 Å². The van der Waals surface area contributed by atoms with E-state index in [1.165, 1.54) is 116 Å². The monoisotopic (exact) mass is 1380 g/mol. The van der Waals surface area contributed by atoms with Crippen LogP contribution in [0.25, 0.3) is 133 Å². The quantitative estimate of drug-likeness (QED) is 0.102. The van der Waals surface area contributed by atoms with E-state index in [0.29, 0.717) is 0 Å². The smallest absolute Gasteiger partial charge is 0.0541 e. The highest BCUT2D eigenvalue weighted by atomic mass is 15.1. The molecule has 0 spiro atoms. The Balaban J connectivity index is 0.000000163. The molecule has 0 aliphatic carbocycles. The molecule has 0 unspecified atom stereocenters. The van der Waals surface area contributed by atoms with Gasteiger partial charge in [-0.3, -0.25) is 0 Å². The lowest BCUT2D eigenvalue weighted by atomic mass is 9.97. The first-order valence-corrected chi connectivity index (χ1v) is 36.3. The van der Waals surface area contributed by atoms with Crippen LogP contribution in [-0.4, -0.2) is 9.13 Å². The standard InChI is InChI=1S/C54H38N2.C48H34N2.2CH4/c1-4-14-39(15-5-1)42-24-30-47(31-25-42)55(48-32-26-43(27-33-48)40-16-6-2-7-17-40)49-34-28-44(29-35-49)46-36-45(41-18-8-3-9-19-41)37-50(38-46)56-53-22-12-10-20-51(53)52-21-11-13-23-54(52)56;1-3-12-35(13-4-1)37-22-28-41(29-23-37)49(42-30-24-38(25-31-42)36-14-5-2-6-15-36)43-32-26-39(27-33-43)40-16-11-17-44(34-40)50-47-20-9-7-18-45(47)46-19-8-10-21-48(46)50;;/h1-38H;1-34H;2*1H4. The van der Waals surface area contributed by atoms with Crippen LogP contribution < -0.4 is 9.80 Å². The van der Waals surface area contributed by atoms with Gasteiger partial charge in [-0.1, -0.05) is 324 Å². The SMILES string of the molecule is C.C.c1ccc(-c2ccc(N(c3ccc(-c4ccccc4)cc3)c3ccc(-c4cc(-c5ccccc5)cc(-n5c6ccccc6c6ccccc65)c4)cc3)cc2)cc1.c1ccc(-c2ccc(N(c3ccc(-c4ccccc4)cc3)c3ccc(-c4cccc(-n5c6ccccc6c6ccccc65)c4)cc3)cc2)cc1. The first-order valence-electron chi connectivity index (χ1n) is 36.3. The number of fused-ring (bicyclic) bond motifs is 6. The van der Waals surface area contributed by atoms with E-state index >= 15 is 0 Å². The van der Waals surface area contributed by atoms with Crippen molar-refractivity contribution in [2.75, 3.05) is 9.80 Å². The fraction of sp³-hybridized carbons (Fsp3) is 0.0192. The van der Waals surface area contributed by atoms with Crippen molar-refractivity contribution in [1.29, 1.82) is 0 Å². The maximum Gasteiger partial charge on any atom is 0.0541 e. The van der Waals surface area contributed by atoms with Crippen LogP contribution in [-0.2, 0) is 0 Å². The van der Waals surface area contributed by atoms with E-state index in [9.17, 15) is 0 Å². The first kappa shape index (κ1) is 68.4. The molecule has 0 aliphatic rings. The number of nitrogens with zero attached hydrogens (tertiary/aromatic N) is 4. The van der Waals surface area contributed by atoms with Crippen molar-refractivity contribution < 1.29 is 0 Å². The van der Waals surface area contributed by atoms with E-state index in [4.69, 9.17) is 0 Å². The van der Waals surface area contributed by atoms with E-state index in [1.54, 1.807) is 0 Å². The second-order valence-corrected chi connectivity index (χ2v) is 26.8. The van der Waals surface area contributed by atoms with Crippen molar-refractivity contribution in [2.24, 2.45) is 0 Å². The van der Waals surface area contributed by atoms with Gasteiger partial charge in [-0.05, 0) is 205 Å². The van der Waals surface area contributed by atoms with Gasteiger partial charge in [0.25, 0.3) is 0 Å². The van der Waals surface area contributed by atoms with Gasteiger partial charge in [0.2, 0.25) is 0 Å². The Morgan fingerprint density at radius 2 is 0.333 bits per heavy atom. The zero-order valence-electron chi connectivity index (χ0n) is 58.4. The third-order valence-electron chi connectivity index (χ3n) is 20.4. The molecule has 0 aliphatic heterocycles. The van der Waals surface area contributed by atoms with Crippen LogP contribution in [0.1, 0.15) is 14.9 Å². The van der Waals surface area contributed by atoms with E-state index in [-0.39, 0.29) is 14.9 Å². The summed E-state index contributed by atoms with van der Waals surface area (Å²) < 4.78 is 4.79. The highest BCUT2D eigenvalue weighted by Gasteiger charge is 2.20. The molecule has 0 saturated carbocycles. The van der Waals surface area contributed by atoms with Gasteiger partial charge in [0, 0.05) is 67.0 Å². The predicted molar refractivity (Wildman–Crippen MR) is 462 cm³/mol. The largest absolute Gasteiger partial charge is 0.311 e. The van der Waals surface area contributed by atoms with Gasteiger partial charge in [0.15, 0.2) is 0 Å². The molecule has 0 radical (unpaired) electrons. The topological polar surface area (TPSA) is 16.3 Å². The summed E-state index contributed by atoms with van der Waals surface area (Å²) in [6.07, 6.45) is 0. The minimum atomic E-state index is 0. The molecule has 19 aromatic rings. The molecule has 2 heterocycles. The summed E-state index contributed by atoms with van der Waals surface area (Å²) in [6.45, 7) is 0. The number of hydrogen-bond acceptors (Lipinski definition) is 2. The number of anilines is 6. The zero-order valence-corrected chi connectivity index (χ0v) is 58.4. The third kappa shape index (κ3) is 13.7. The molecule has 19 rings (SSSR count). The molecular formula is C104H80N4. The molecule has 17 aromatic carbocycles. The lowest BCUT2D eigenvalue weighted by Gasteiger charge is -2.26. The number of benzene rings is 17. The van der Waals surface area contributed by atoms with Crippen molar-refractivity contribution in [1.82, 2.24) is 9.13 Å². The average molecular weight is 1390 g/mol. The normalized spacial score (nSPS) is 11.0. The molecule has 0 amide bonds. The molecule has 516 valence electrons. The summed E-state index contributed by atoms with van der Waals surface area (Å²) in [7, 11) is 0. The Morgan fingerprint density at radius 1 is 0.139 bits per heavy atom. The lowest BCUT2D eigenvalue weighted by Crippen LogP contribution is -2.09. The van der Waals surface area contributed by atoms with Gasteiger partial charge in [0.05, 0.1) is 22.1 Å². The van der Waals surface area contributed by atoms with Gasteiger partial charge in [0.1, 0.15) is 0 Å². The molecule has 0 saturated heterocycles. The van der Waals surface area contributed by atoms with Gasteiger partial charge >= 0.3 is 0 Å². The molecule has 0 atom stereocenters. The number of hydrogen-bond donors (Lipinski definition) is 0. The van der Waals surface area contributed by atoms with Crippen LogP contribution in [0.2, 0.25) is 0 Å². The van der Waals surface area contributed by atoms with Crippen molar-refractivity contribution in [3.8, 4) is 89.3 Å². The Morgan fingerprint density at radius 3 is 0.611 bits per heavy atom. The Bertz CT molecular complexity index is 5960. The van der Waals surface area contributed by atoms with Crippen LogP contribution in [0.15, 0.2) is 437 Å². The van der Waals surface area contributed by atoms with Crippen LogP contribution in [0.4, 0.5) is 34.1 Å². The minimum absolute atomic E-state index is 0. The molecule has 0 fully saturated rings. The molecule has 4 nitrogen and oxygen atoms in total. The molecule has 0 N–H and O–H groups in total. The van der Waals surface area contributed by atoms with Crippen LogP contribution >= 0.6 is 0 Å². The first-order chi connectivity index (χ1) is 52.6. The molecule has 0 bridgehead atoms. The Labute approximate surface area is 633 Å². The maximum absolute atomic E-state index is 2.41. The predicted octanol–water partition coefficient (Wildman–Crippen LogP) is 29.4. The number of para-hydroxylation sites is 4. The summed E-state index contributed by atoms with van der Waals surface area (Å²) in [5, 5.41) is 5.05. The summed E-state index contributed by atoms with van der Waals surface area (Å²) in [5.41, 5.74) is 30.4.